The molecule has 13 heteroatoms. The molecule has 6 heterocycles. The fourth-order valence-electron chi connectivity index (χ4n) is 11.4. The van der Waals surface area contributed by atoms with Crippen LogP contribution in [-0.4, -0.2) is 130 Å². The average molecular weight is 931 g/mol. The van der Waals surface area contributed by atoms with Crippen molar-refractivity contribution in [2.45, 2.75) is 81.5 Å². The Morgan fingerprint density at radius 2 is 1.25 bits per heavy atom. The highest BCUT2D eigenvalue weighted by Crippen LogP contribution is 2.50. The summed E-state index contributed by atoms with van der Waals surface area (Å²) in [6.07, 6.45) is 12.0. The van der Waals surface area contributed by atoms with Crippen molar-refractivity contribution in [1.29, 1.82) is 0 Å². The molecule has 11 rings (SSSR count). The lowest BCUT2D eigenvalue weighted by Crippen LogP contribution is -2.40. The van der Waals surface area contributed by atoms with Crippen LogP contribution in [-0.2, 0) is 4.74 Å². The molecule has 2 atom stereocenters. The summed E-state index contributed by atoms with van der Waals surface area (Å²) in [7, 11) is 7.95. The lowest BCUT2D eigenvalue weighted by molar-refractivity contribution is 0.0393. The number of methoxy groups -OCH3 is 2. The quantitative estimate of drug-likeness (QED) is 0.0868. The minimum atomic E-state index is 0.372. The van der Waals surface area contributed by atoms with Crippen molar-refractivity contribution in [3.05, 3.63) is 102 Å². The van der Waals surface area contributed by atoms with Crippen LogP contribution in [0.2, 0.25) is 0 Å². The third-order valence-electron chi connectivity index (χ3n) is 15.9. The summed E-state index contributed by atoms with van der Waals surface area (Å²) >= 11 is 0. The van der Waals surface area contributed by atoms with Gasteiger partial charge in [-0.25, -0.2) is 24.9 Å². The second kappa shape index (κ2) is 20.3. The minimum Gasteiger partial charge on any atom is -0.496 e. The second-order valence-electron chi connectivity index (χ2n) is 20.4. The number of rotatable bonds is 17. The smallest absolute Gasteiger partial charge is 0.140 e. The summed E-state index contributed by atoms with van der Waals surface area (Å²) in [4.78, 5) is 38.4. The molecule has 13 nitrogen and oxygen atoms in total. The zero-order chi connectivity index (χ0) is 46.8. The first-order valence-corrected chi connectivity index (χ1v) is 25.9. The number of morpholine rings is 1. The summed E-state index contributed by atoms with van der Waals surface area (Å²) in [5, 5.41) is 2.26. The molecular formula is C56H70N10O3. The highest BCUT2D eigenvalue weighted by Gasteiger charge is 2.41. The molecule has 0 bridgehead atoms. The third-order valence-corrected chi connectivity index (χ3v) is 15.9. The van der Waals surface area contributed by atoms with Crippen LogP contribution in [0.3, 0.4) is 0 Å². The van der Waals surface area contributed by atoms with Crippen molar-refractivity contribution in [3.63, 3.8) is 0 Å². The van der Waals surface area contributed by atoms with E-state index in [0.29, 0.717) is 29.6 Å². The van der Waals surface area contributed by atoms with Crippen LogP contribution in [0.4, 0.5) is 23.1 Å². The standard InChI is InChI=1S/C56H70N10O3/c1-62(42-17-18-45-48(35-42)58-53(40-15-16-40)60-55(45)65-24-19-38(20-25-65)43-11-5-7-13-50(43)67-3)23-9-10-41-34-46(41)54-59-49-37-57-52(63(2)28-29-64-30-32-69-33-31-64)36-47(49)56(61-54)66-26-21-39(22-27-66)44-12-6-8-14-51(44)68-4/h5-8,11-14,17-18,35-41,46H,9-10,15-16,19-34H2,1-4H3. The number of benzene rings is 3. The van der Waals surface area contributed by atoms with Gasteiger partial charge < -0.3 is 33.8 Å². The molecule has 0 radical (unpaired) electrons. The highest BCUT2D eigenvalue weighted by atomic mass is 16.5. The molecule has 6 aromatic rings. The Morgan fingerprint density at radius 3 is 1.90 bits per heavy atom. The Labute approximate surface area is 408 Å². The maximum atomic E-state index is 5.79. The third kappa shape index (κ3) is 10.00. The summed E-state index contributed by atoms with van der Waals surface area (Å²) < 4.78 is 17.1. The van der Waals surface area contributed by atoms with E-state index in [1.54, 1.807) is 14.2 Å². The number of likely N-dealkylation sites (N-methyl/N-ethyl adjacent to an activating group) is 1. The molecule has 2 saturated carbocycles. The van der Waals surface area contributed by atoms with E-state index in [9.17, 15) is 0 Å². The van der Waals surface area contributed by atoms with Gasteiger partial charge in [0, 0.05) is 101 Å². The lowest BCUT2D eigenvalue weighted by atomic mass is 9.88. The molecule has 0 spiro atoms. The normalized spacial score (nSPS) is 20.4. The number of fused-ring (bicyclic) bond motifs is 2. The van der Waals surface area contributed by atoms with Gasteiger partial charge in [0.1, 0.15) is 40.6 Å². The van der Waals surface area contributed by atoms with E-state index in [1.807, 2.05) is 6.20 Å². The SMILES string of the molecule is COc1ccccc1C1CCN(c2nc(C3CC3)nc3cc(N(C)CCCC4CC4c4nc(N5CCC(c6ccccc6OC)CC5)c5cc(N(C)CCN6CCOCC6)ncc5n4)ccc23)CC1. The largest absolute Gasteiger partial charge is 0.496 e. The van der Waals surface area contributed by atoms with Gasteiger partial charge in [0.2, 0.25) is 0 Å². The van der Waals surface area contributed by atoms with Crippen molar-refractivity contribution >= 4 is 44.9 Å². The van der Waals surface area contributed by atoms with E-state index in [4.69, 9.17) is 39.1 Å². The van der Waals surface area contributed by atoms with Crippen LogP contribution in [0.1, 0.15) is 104 Å². The number of anilines is 4. The Bertz CT molecular complexity index is 2730. The summed E-state index contributed by atoms with van der Waals surface area (Å²) in [6.45, 7) is 10.3. The van der Waals surface area contributed by atoms with Gasteiger partial charge in [0.15, 0.2) is 0 Å². The number of hydrogen-bond acceptors (Lipinski definition) is 13. The first-order valence-electron chi connectivity index (χ1n) is 25.9. The fourth-order valence-corrected chi connectivity index (χ4v) is 11.4. The van der Waals surface area contributed by atoms with Crippen molar-refractivity contribution < 1.29 is 14.2 Å². The maximum Gasteiger partial charge on any atom is 0.140 e. The van der Waals surface area contributed by atoms with Gasteiger partial charge in [0.05, 0.1) is 44.7 Å². The lowest BCUT2D eigenvalue weighted by Gasteiger charge is -2.34. The van der Waals surface area contributed by atoms with Gasteiger partial charge in [-0.05, 0) is 123 Å². The maximum absolute atomic E-state index is 5.79. The minimum absolute atomic E-state index is 0.372. The predicted molar refractivity (Wildman–Crippen MR) is 277 cm³/mol. The van der Waals surface area contributed by atoms with Crippen molar-refractivity contribution in [2.75, 3.05) is 120 Å². The van der Waals surface area contributed by atoms with Crippen LogP contribution in [0, 0.1) is 5.92 Å². The number of para-hydroxylation sites is 2. The van der Waals surface area contributed by atoms with Crippen molar-refractivity contribution in [1.82, 2.24) is 29.8 Å². The van der Waals surface area contributed by atoms with E-state index in [2.05, 4.69) is 111 Å². The number of aromatic nitrogens is 5. The monoisotopic (exact) mass is 931 g/mol. The zero-order valence-electron chi connectivity index (χ0n) is 41.2. The van der Waals surface area contributed by atoms with Gasteiger partial charge >= 0.3 is 0 Å². The van der Waals surface area contributed by atoms with E-state index < -0.39 is 0 Å². The Balaban J connectivity index is 0.760. The van der Waals surface area contributed by atoms with Crippen LogP contribution < -0.4 is 29.1 Å². The number of piperidine rings is 2. The van der Waals surface area contributed by atoms with E-state index in [0.717, 1.165) is 179 Å². The Hall–Kier alpha value is -5.79. The first-order chi connectivity index (χ1) is 33.9. The molecule has 3 aliphatic heterocycles. The molecule has 2 unspecified atom stereocenters. The summed E-state index contributed by atoms with van der Waals surface area (Å²) in [6, 6.07) is 26.1. The van der Waals surface area contributed by atoms with Crippen molar-refractivity contribution in [2.24, 2.45) is 5.92 Å². The van der Waals surface area contributed by atoms with Gasteiger partial charge in [-0.1, -0.05) is 36.4 Å². The van der Waals surface area contributed by atoms with Gasteiger partial charge in [0.25, 0.3) is 0 Å². The van der Waals surface area contributed by atoms with E-state index in [-0.39, 0.29) is 0 Å². The van der Waals surface area contributed by atoms with Gasteiger partial charge in [-0.15, -0.1) is 0 Å². The fraction of sp³-hybridized carbons (Fsp3) is 0.518. The Morgan fingerprint density at radius 1 is 0.623 bits per heavy atom. The molecule has 0 N–H and O–H groups in total. The molecule has 5 aliphatic rings. The molecule has 2 aliphatic carbocycles. The molecule has 69 heavy (non-hydrogen) atoms. The summed E-state index contributed by atoms with van der Waals surface area (Å²) in [5.41, 5.74) is 5.86. The molecule has 3 aromatic carbocycles. The number of nitrogens with zero attached hydrogens (tertiary/aromatic N) is 10. The highest BCUT2D eigenvalue weighted by molar-refractivity contribution is 5.92. The number of ether oxygens (including phenoxy) is 3. The zero-order valence-corrected chi connectivity index (χ0v) is 41.2. The van der Waals surface area contributed by atoms with Crippen LogP contribution >= 0.6 is 0 Å². The van der Waals surface area contributed by atoms with Crippen molar-refractivity contribution in [3.8, 4) is 11.5 Å². The number of hydrogen-bond donors (Lipinski definition) is 0. The molecule has 3 saturated heterocycles. The average Bonchev–Trinajstić information content (AvgIpc) is 4.37. The topological polar surface area (TPSA) is 108 Å². The van der Waals surface area contributed by atoms with Gasteiger partial charge in [-0.3, -0.25) is 4.90 Å². The Kier molecular flexibility index (Phi) is 13.4. The molecular weight excluding hydrogens is 861 g/mol. The van der Waals surface area contributed by atoms with E-state index in [1.165, 1.54) is 29.7 Å². The first kappa shape index (κ1) is 45.6. The van der Waals surface area contributed by atoms with Crippen LogP contribution in [0.25, 0.3) is 21.8 Å². The van der Waals surface area contributed by atoms with Crippen LogP contribution in [0.5, 0.6) is 11.5 Å². The summed E-state index contributed by atoms with van der Waals surface area (Å²) in [5.74, 6) is 9.51. The van der Waals surface area contributed by atoms with Crippen LogP contribution in [0.15, 0.2) is 79.0 Å². The molecule has 362 valence electrons. The molecule has 0 amide bonds. The molecule has 5 fully saturated rings. The molecule has 3 aromatic heterocycles. The predicted octanol–water partition coefficient (Wildman–Crippen LogP) is 9.42. The van der Waals surface area contributed by atoms with Gasteiger partial charge in [-0.2, -0.15) is 0 Å². The van der Waals surface area contributed by atoms with E-state index >= 15 is 0 Å². The number of pyridine rings is 1. The second-order valence-corrected chi connectivity index (χ2v) is 20.4.